The van der Waals surface area contributed by atoms with Crippen molar-refractivity contribution in [1.82, 2.24) is 9.97 Å². The third-order valence-electron chi connectivity index (χ3n) is 3.66. The van der Waals surface area contributed by atoms with Crippen LogP contribution in [-0.2, 0) is 0 Å². The van der Waals surface area contributed by atoms with Crippen LogP contribution in [0.5, 0.6) is 0 Å². The molecule has 4 rings (SSSR count). The second-order valence-electron chi connectivity index (χ2n) is 5.08. The molecule has 0 unspecified atom stereocenters. The molecule has 0 atom stereocenters. The van der Waals surface area contributed by atoms with E-state index < -0.39 is 0 Å². The molecule has 0 bridgehead atoms. The smallest absolute Gasteiger partial charge is 0.148 e. The number of pyridine rings is 2. The maximum absolute atomic E-state index is 6.06. The lowest BCUT2D eigenvalue weighted by Crippen LogP contribution is -1.85. The van der Waals surface area contributed by atoms with E-state index in [1.54, 1.807) is 6.20 Å². The van der Waals surface area contributed by atoms with E-state index in [2.05, 4.69) is 34.2 Å². The van der Waals surface area contributed by atoms with Gasteiger partial charge in [0.15, 0.2) is 0 Å². The van der Waals surface area contributed by atoms with E-state index in [0.717, 1.165) is 32.9 Å². The lowest BCUT2D eigenvalue weighted by Gasteiger charge is -2.06. The van der Waals surface area contributed by atoms with Gasteiger partial charge < -0.3 is 0 Å². The molecule has 2 heterocycles. The normalized spacial score (nSPS) is 11.2. The van der Waals surface area contributed by atoms with Crippen molar-refractivity contribution in [2.24, 2.45) is 0 Å². The highest BCUT2D eigenvalue weighted by molar-refractivity contribution is 6.41. The molecule has 2 aromatic heterocycles. The third kappa shape index (κ3) is 2.31. The first-order valence-corrected chi connectivity index (χ1v) is 7.57. The van der Waals surface area contributed by atoms with E-state index in [4.69, 9.17) is 23.2 Å². The second-order valence-corrected chi connectivity index (χ2v) is 5.84. The highest BCUT2D eigenvalue weighted by Crippen LogP contribution is 2.29. The standard InChI is InChI=1S/C18H10Cl2N2/c19-15-10-14-9-12(4-6-17(14)22-18(15)20)11-3-5-16-13(8-11)2-1-7-21-16/h1-10H. The molecule has 2 nitrogen and oxygen atoms in total. The number of nitrogens with zero attached hydrogens (tertiary/aromatic N) is 2. The third-order valence-corrected chi connectivity index (χ3v) is 4.33. The summed E-state index contributed by atoms with van der Waals surface area (Å²) < 4.78 is 0. The van der Waals surface area contributed by atoms with Crippen LogP contribution in [0.15, 0.2) is 60.8 Å². The van der Waals surface area contributed by atoms with Gasteiger partial charge in [-0.15, -0.1) is 0 Å². The van der Waals surface area contributed by atoms with Crippen LogP contribution in [-0.4, -0.2) is 9.97 Å². The molecule has 0 spiro atoms. The first-order chi connectivity index (χ1) is 10.7. The zero-order chi connectivity index (χ0) is 15.1. The number of halogens is 2. The Balaban J connectivity index is 1.90. The van der Waals surface area contributed by atoms with Gasteiger partial charge in [0, 0.05) is 17.0 Å². The van der Waals surface area contributed by atoms with E-state index >= 15 is 0 Å². The number of rotatable bonds is 1. The maximum Gasteiger partial charge on any atom is 0.148 e. The number of hydrogen-bond acceptors (Lipinski definition) is 2. The molecule has 22 heavy (non-hydrogen) atoms. The second kappa shape index (κ2) is 5.24. The van der Waals surface area contributed by atoms with Crippen LogP contribution in [0.25, 0.3) is 32.9 Å². The summed E-state index contributed by atoms with van der Waals surface area (Å²) in [5, 5.41) is 2.89. The number of benzene rings is 2. The van der Waals surface area contributed by atoms with E-state index in [1.165, 1.54) is 0 Å². The first-order valence-electron chi connectivity index (χ1n) is 6.82. The SMILES string of the molecule is Clc1cc2cc(-c3ccc4ncccc4c3)ccc2nc1Cl. The zero-order valence-electron chi connectivity index (χ0n) is 11.4. The fraction of sp³-hybridized carbons (Fsp3) is 0. The lowest BCUT2D eigenvalue weighted by molar-refractivity contribution is 1.41. The molecule has 0 aliphatic heterocycles. The number of aromatic nitrogens is 2. The van der Waals surface area contributed by atoms with Gasteiger partial charge in [-0.3, -0.25) is 4.98 Å². The zero-order valence-corrected chi connectivity index (χ0v) is 12.9. The quantitative estimate of drug-likeness (QED) is 0.416. The molecule has 0 aliphatic carbocycles. The summed E-state index contributed by atoms with van der Waals surface area (Å²) >= 11 is 12.0. The van der Waals surface area contributed by atoms with Gasteiger partial charge in [0.1, 0.15) is 5.15 Å². The molecule has 106 valence electrons. The average Bonchev–Trinajstić information content (AvgIpc) is 2.55. The minimum atomic E-state index is 0.332. The van der Waals surface area contributed by atoms with Crippen molar-refractivity contribution < 1.29 is 0 Å². The Morgan fingerprint density at radius 1 is 0.727 bits per heavy atom. The predicted octanol–water partition coefficient (Wildman–Crippen LogP) is 5.76. The van der Waals surface area contributed by atoms with Crippen molar-refractivity contribution in [3.05, 3.63) is 71.0 Å². The fourth-order valence-corrected chi connectivity index (χ4v) is 2.87. The molecule has 0 saturated heterocycles. The summed E-state index contributed by atoms with van der Waals surface area (Å²) in [6.45, 7) is 0. The van der Waals surface area contributed by atoms with Crippen molar-refractivity contribution in [3.63, 3.8) is 0 Å². The van der Waals surface area contributed by atoms with Crippen LogP contribution < -0.4 is 0 Å². The molecule has 4 heteroatoms. The first kappa shape index (κ1) is 13.5. The van der Waals surface area contributed by atoms with Gasteiger partial charge in [0.2, 0.25) is 0 Å². The summed E-state index contributed by atoms with van der Waals surface area (Å²) in [6, 6.07) is 18.2. The van der Waals surface area contributed by atoms with E-state index in [1.807, 2.05) is 30.3 Å². The molecule has 0 fully saturated rings. The van der Waals surface area contributed by atoms with Gasteiger partial charge in [0.25, 0.3) is 0 Å². The summed E-state index contributed by atoms with van der Waals surface area (Å²) in [7, 11) is 0. The molecule has 0 aliphatic rings. The fourth-order valence-electron chi connectivity index (χ4n) is 2.56. The topological polar surface area (TPSA) is 25.8 Å². The Kier molecular flexibility index (Phi) is 3.21. The van der Waals surface area contributed by atoms with Gasteiger partial charge in [0.05, 0.1) is 16.1 Å². The molecule has 0 radical (unpaired) electrons. The molecular weight excluding hydrogens is 315 g/mol. The van der Waals surface area contributed by atoms with Crippen LogP contribution in [0.2, 0.25) is 10.2 Å². The lowest BCUT2D eigenvalue weighted by atomic mass is 10.0. The minimum Gasteiger partial charge on any atom is -0.256 e. The molecule has 2 aromatic carbocycles. The van der Waals surface area contributed by atoms with Crippen LogP contribution in [0.3, 0.4) is 0 Å². The van der Waals surface area contributed by atoms with Crippen LogP contribution >= 0.6 is 23.2 Å². The van der Waals surface area contributed by atoms with Gasteiger partial charge in [-0.25, -0.2) is 4.98 Å². The molecular formula is C18H10Cl2N2. The van der Waals surface area contributed by atoms with Crippen LogP contribution in [0.1, 0.15) is 0 Å². The Morgan fingerprint density at radius 3 is 2.27 bits per heavy atom. The Labute approximate surface area is 137 Å². The molecule has 0 N–H and O–H groups in total. The van der Waals surface area contributed by atoms with Gasteiger partial charge in [-0.1, -0.05) is 41.4 Å². The monoisotopic (exact) mass is 324 g/mol. The van der Waals surface area contributed by atoms with Gasteiger partial charge in [-0.05, 0) is 47.5 Å². The predicted molar refractivity (Wildman–Crippen MR) is 92.5 cm³/mol. The highest BCUT2D eigenvalue weighted by Gasteiger charge is 2.05. The Morgan fingerprint density at radius 2 is 1.45 bits per heavy atom. The summed E-state index contributed by atoms with van der Waals surface area (Å²) in [5.74, 6) is 0. The highest BCUT2D eigenvalue weighted by atomic mass is 35.5. The van der Waals surface area contributed by atoms with Crippen molar-refractivity contribution in [1.29, 1.82) is 0 Å². The van der Waals surface area contributed by atoms with Crippen molar-refractivity contribution in [2.75, 3.05) is 0 Å². The van der Waals surface area contributed by atoms with Crippen molar-refractivity contribution >= 4 is 45.0 Å². The van der Waals surface area contributed by atoms with E-state index in [-0.39, 0.29) is 0 Å². The molecule has 0 amide bonds. The van der Waals surface area contributed by atoms with Crippen LogP contribution in [0.4, 0.5) is 0 Å². The number of hydrogen-bond donors (Lipinski definition) is 0. The van der Waals surface area contributed by atoms with E-state index in [0.29, 0.717) is 10.2 Å². The van der Waals surface area contributed by atoms with E-state index in [9.17, 15) is 0 Å². The minimum absolute atomic E-state index is 0.332. The largest absolute Gasteiger partial charge is 0.256 e. The average molecular weight is 325 g/mol. The Bertz CT molecular complexity index is 1010. The maximum atomic E-state index is 6.06. The summed E-state index contributed by atoms with van der Waals surface area (Å²) in [4.78, 5) is 8.63. The van der Waals surface area contributed by atoms with Gasteiger partial charge >= 0.3 is 0 Å². The van der Waals surface area contributed by atoms with Crippen molar-refractivity contribution in [2.45, 2.75) is 0 Å². The van der Waals surface area contributed by atoms with Crippen LogP contribution in [0, 0.1) is 0 Å². The van der Waals surface area contributed by atoms with Crippen molar-refractivity contribution in [3.8, 4) is 11.1 Å². The summed E-state index contributed by atoms with van der Waals surface area (Å²) in [6.07, 6.45) is 1.80. The molecule has 4 aromatic rings. The van der Waals surface area contributed by atoms with Gasteiger partial charge in [-0.2, -0.15) is 0 Å². The number of fused-ring (bicyclic) bond motifs is 2. The molecule has 0 saturated carbocycles. The summed E-state index contributed by atoms with van der Waals surface area (Å²) in [5.41, 5.74) is 4.07. The Hall–Kier alpha value is -2.16.